The molecule has 2 aromatic heterocycles. The molecule has 2 N–H and O–H groups in total. The summed E-state index contributed by atoms with van der Waals surface area (Å²) in [6.07, 6.45) is 2.46. The van der Waals surface area contributed by atoms with Crippen molar-refractivity contribution in [2.24, 2.45) is 0 Å². The first kappa shape index (κ1) is 13.5. The number of aromatic nitrogens is 2. The van der Waals surface area contributed by atoms with Crippen LogP contribution < -0.4 is 5.73 Å². The summed E-state index contributed by atoms with van der Waals surface area (Å²) in [4.78, 5) is 3.66. The Kier molecular flexibility index (Phi) is 3.31. The zero-order valence-electron chi connectivity index (χ0n) is 10.5. The van der Waals surface area contributed by atoms with Crippen molar-refractivity contribution < 1.29 is 13.3 Å². The molecule has 0 unspecified atom stereocenters. The van der Waals surface area contributed by atoms with Gasteiger partial charge in [0.1, 0.15) is 5.82 Å². The number of halogens is 3. The SMILES string of the molecule is Nc1noc(-c2ccncc2F)c1-c1ccc(F)cc1Cl. The highest BCUT2D eigenvalue weighted by Crippen LogP contribution is 2.40. The van der Waals surface area contributed by atoms with Crippen LogP contribution in [0.2, 0.25) is 5.02 Å². The molecule has 0 bridgehead atoms. The quantitative estimate of drug-likeness (QED) is 0.779. The van der Waals surface area contributed by atoms with E-state index in [-0.39, 0.29) is 22.2 Å². The van der Waals surface area contributed by atoms with Crippen LogP contribution >= 0.6 is 11.6 Å². The van der Waals surface area contributed by atoms with E-state index in [4.69, 9.17) is 21.9 Å². The lowest BCUT2D eigenvalue weighted by molar-refractivity contribution is 0.433. The second-order valence-corrected chi connectivity index (χ2v) is 4.66. The van der Waals surface area contributed by atoms with Crippen LogP contribution in [-0.4, -0.2) is 10.1 Å². The minimum Gasteiger partial charge on any atom is -0.380 e. The predicted octanol–water partition coefficient (Wildman–Crippen LogP) is 3.92. The largest absolute Gasteiger partial charge is 0.380 e. The van der Waals surface area contributed by atoms with Crippen LogP contribution in [0.25, 0.3) is 22.5 Å². The molecule has 0 amide bonds. The van der Waals surface area contributed by atoms with E-state index in [1.165, 1.54) is 24.4 Å². The summed E-state index contributed by atoms with van der Waals surface area (Å²) < 4.78 is 32.1. The van der Waals surface area contributed by atoms with E-state index in [1.54, 1.807) is 0 Å². The number of nitrogens with zero attached hydrogens (tertiary/aromatic N) is 2. The van der Waals surface area contributed by atoms with Gasteiger partial charge in [-0.05, 0) is 24.3 Å². The maximum Gasteiger partial charge on any atom is 0.180 e. The maximum absolute atomic E-state index is 13.9. The molecule has 0 spiro atoms. The highest BCUT2D eigenvalue weighted by atomic mass is 35.5. The third-order valence-electron chi connectivity index (χ3n) is 2.94. The Balaban J connectivity index is 2.25. The fourth-order valence-electron chi connectivity index (χ4n) is 2.00. The van der Waals surface area contributed by atoms with Crippen LogP contribution in [0.5, 0.6) is 0 Å². The lowest BCUT2D eigenvalue weighted by Crippen LogP contribution is -1.91. The Hall–Kier alpha value is -2.47. The van der Waals surface area contributed by atoms with Crippen LogP contribution in [-0.2, 0) is 0 Å². The summed E-state index contributed by atoms with van der Waals surface area (Å²) in [5, 5.41) is 3.76. The van der Waals surface area contributed by atoms with Gasteiger partial charge in [0.25, 0.3) is 0 Å². The van der Waals surface area contributed by atoms with Crippen LogP contribution in [0.4, 0.5) is 14.6 Å². The topological polar surface area (TPSA) is 64.9 Å². The molecule has 0 atom stereocenters. The molecule has 7 heteroatoms. The van der Waals surface area contributed by atoms with Crippen LogP contribution in [0.1, 0.15) is 0 Å². The van der Waals surface area contributed by atoms with E-state index in [9.17, 15) is 8.78 Å². The Labute approximate surface area is 123 Å². The van der Waals surface area contributed by atoms with E-state index in [0.29, 0.717) is 11.1 Å². The Bertz CT molecular complexity index is 820. The third kappa shape index (κ3) is 2.34. The number of nitrogens with two attached hydrogens (primary N) is 1. The van der Waals surface area contributed by atoms with Crippen molar-refractivity contribution in [1.82, 2.24) is 10.1 Å². The number of benzene rings is 1. The number of hydrogen-bond donors (Lipinski definition) is 1. The van der Waals surface area contributed by atoms with Crippen molar-refractivity contribution in [3.63, 3.8) is 0 Å². The van der Waals surface area contributed by atoms with Gasteiger partial charge in [-0.15, -0.1) is 0 Å². The minimum absolute atomic E-state index is 0.0368. The fourth-order valence-corrected chi connectivity index (χ4v) is 2.26. The summed E-state index contributed by atoms with van der Waals surface area (Å²) in [6.45, 7) is 0. The zero-order valence-corrected chi connectivity index (χ0v) is 11.2. The van der Waals surface area contributed by atoms with E-state index >= 15 is 0 Å². The number of pyridine rings is 1. The molecule has 0 aliphatic carbocycles. The van der Waals surface area contributed by atoms with Gasteiger partial charge >= 0.3 is 0 Å². The molecular formula is C14H8ClF2N3O. The number of anilines is 1. The smallest absolute Gasteiger partial charge is 0.180 e. The number of hydrogen-bond acceptors (Lipinski definition) is 4. The first-order valence-electron chi connectivity index (χ1n) is 5.88. The fraction of sp³-hybridized carbons (Fsp3) is 0. The summed E-state index contributed by atoms with van der Waals surface area (Å²) in [5.74, 6) is -0.931. The maximum atomic E-state index is 13.9. The molecule has 4 nitrogen and oxygen atoms in total. The molecule has 21 heavy (non-hydrogen) atoms. The van der Waals surface area contributed by atoms with E-state index in [2.05, 4.69) is 10.1 Å². The zero-order chi connectivity index (χ0) is 15.0. The first-order chi connectivity index (χ1) is 10.1. The average molecular weight is 308 g/mol. The van der Waals surface area contributed by atoms with Gasteiger partial charge in [-0.3, -0.25) is 4.98 Å². The molecule has 0 fully saturated rings. The Morgan fingerprint density at radius 2 is 1.95 bits per heavy atom. The normalized spacial score (nSPS) is 10.8. The monoisotopic (exact) mass is 307 g/mol. The molecule has 3 rings (SSSR count). The summed E-state index contributed by atoms with van der Waals surface area (Å²) in [6, 6.07) is 5.22. The molecule has 0 aliphatic rings. The van der Waals surface area contributed by atoms with Crippen molar-refractivity contribution in [3.05, 3.63) is 53.3 Å². The van der Waals surface area contributed by atoms with E-state index in [0.717, 1.165) is 12.3 Å². The minimum atomic E-state index is -0.590. The standard InChI is InChI=1S/C14H8ClF2N3O/c15-10-5-7(16)1-2-8(10)12-13(21-20-14(12)18)9-3-4-19-6-11(9)17/h1-6H,(H2,18,20). The molecule has 106 valence electrons. The van der Waals surface area contributed by atoms with E-state index < -0.39 is 11.6 Å². The Morgan fingerprint density at radius 1 is 1.14 bits per heavy atom. The summed E-state index contributed by atoms with van der Waals surface area (Å²) in [5.41, 5.74) is 6.63. The van der Waals surface area contributed by atoms with Crippen molar-refractivity contribution in [2.75, 3.05) is 5.73 Å². The molecule has 0 saturated heterocycles. The van der Waals surface area contributed by atoms with Gasteiger partial charge in [-0.1, -0.05) is 16.8 Å². The first-order valence-corrected chi connectivity index (χ1v) is 6.26. The molecule has 2 heterocycles. The van der Waals surface area contributed by atoms with Gasteiger partial charge in [-0.25, -0.2) is 8.78 Å². The van der Waals surface area contributed by atoms with Gasteiger partial charge in [0.2, 0.25) is 0 Å². The highest BCUT2D eigenvalue weighted by molar-refractivity contribution is 6.33. The van der Waals surface area contributed by atoms with Crippen molar-refractivity contribution in [3.8, 4) is 22.5 Å². The molecule has 0 saturated carbocycles. The number of nitrogen functional groups attached to an aromatic ring is 1. The number of rotatable bonds is 2. The lowest BCUT2D eigenvalue weighted by atomic mass is 10.0. The second-order valence-electron chi connectivity index (χ2n) is 4.25. The van der Waals surface area contributed by atoms with Crippen molar-refractivity contribution >= 4 is 17.4 Å². The van der Waals surface area contributed by atoms with Gasteiger partial charge < -0.3 is 10.3 Å². The summed E-state index contributed by atoms with van der Waals surface area (Å²) in [7, 11) is 0. The van der Waals surface area contributed by atoms with Crippen LogP contribution in [0, 0.1) is 11.6 Å². The Morgan fingerprint density at radius 3 is 2.67 bits per heavy atom. The lowest BCUT2D eigenvalue weighted by Gasteiger charge is -2.05. The molecule has 3 aromatic rings. The molecule has 1 aromatic carbocycles. The van der Waals surface area contributed by atoms with E-state index in [1.807, 2.05) is 0 Å². The van der Waals surface area contributed by atoms with Gasteiger partial charge in [0.15, 0.2) is 17.4 Å². The van der Waals surface area contributed by atoms with Crippen molar-refractivity contribution in [1.29, 1.82) is 0 Å². The third-order valence-corrected chi connectivity index (χ3v) is 3.25. The van der Waals surface area contributed by atoms with Crippen LogP contribution in [0.15, 0.2) is 41.2 Å². The average Bonchev–Trinajstić information content (AvgIpc) is 2.81. The molecular weight excluding hydrogens is 300 g/mol. The summed E-state index contributed by atoms with van der Waals surface area (Å²) >= 11 is 6.02. The predicted molar refractivity (Wildman–Crippen MR) is 74.5 cm³/mol. The molecule has 0 radical (unpaired) electrons. The van der Waals surface area contributed by atoms with Crippen molar-refractivity contribution in [2.45, 2.75) is 0 Å². The van der Waals surface area contributed by atoms with Gasteiger partial charge in [-0.2, -0.15) is 0 Å². The van der Waals surface area contributed by atoms with Crippen LogP contribution in [0.3, 0.4) is 0 Å². The van der Waals surface area contributed by atoms with Gasteiger partial charge in [0.05, 0.1) is 22.3 Å². The van der Waals surface area contributed by atoms with Gasteiger partial charge in [0, 0.05) is 11.8 Å². The molecule has 0 aliphatic heterocycles. The second kappa shape index (κ2) is 5.14. The highest BCUT2D eigenvalue weighted by Gasteiger charge is 2.22.